The van der Waals surface area contributed by atoms with Crippen molar-refractivity contribution < 1.29 is 9.53 Å². The molecule has 1 aliphatic rings. The van der Waals surface area contributed by atoms with E-state index >= 15 is 0 Å². The average Bonchev–Trinajstić information content (AvgIpc) is 2.61. The number of ether oxygens (including phenoxy) is 1. The zero-order chi connectivity index (χ0) is 17.2. The Labute approximate surface area is 150 Å². The van der Waals surface area contributed by atoms with Gasteiger partial charge in [0.15, 0.2) is 0 Å². The van der Waals surface area contributed by atoms with E-state index in [2.05, 4.69) is 17.1 Å². The molecule has 0 unspecified atom stereocenters. The number of carbonyl (C=O) groups is 1. The van der Waals surface area contributed by atoms with Gasteiger partial charge in [0.2, 0.25) is 5.91 Å². The van der Waals surface area contributed by atoms with Gasteiger partial charge in [0.25, 0.3) is 0 Å². The summed E-state index contributed by atoms with van der Waals surface area (Å²) in [5.74, 6) is 2.70. The van der Waals surface area contributed by atoms with Crippen molar-refractivity contribution in [1.29, 1.82) is 0 Å². The predicted octanol–water partition coefficient (Wildman–Crippen LogP) is 3.42. The Bertz CT molecular complexity index is 485. The molecule has 1 aromatic rings. The minimum Gasteiger partial charge on any atom is -0.497 e. The Balaban J connectivity index is 1.50. The summed E-state index contributed by atoms with van der Waals surface area (Å²) >= 11 is 1.71. The van der Waals surface area contributed by atoms with Gasteiger partial charge >= 0.3 is 0 Å². The summed E-state index contributed by atoms with van der Waals surface area (Å²) in [5.41, 5.74) is 0. The smallest absolute Gasteiger partial charge is 0.220 e. The molecule has 1 aromatic carbocycles. The van der Waals surface area contributed by atoms with Gasteiger partial charge in [-0.1, -0.05) is 6.92 Å². The Hall–Kier alpha value is -1.20. The van der Waals surface area contributed by atoms with Crippen LogP contribution in [-0.2, 0) is 4.79 Å². The van der Waals surface area contributed by atoms with E-state index in [9.17, 15) is 4.79 Å². The maximum atomic E-state index is 11.9. The number of amides is 1. The van der Waals surface area contributed by atoms with Crippen LogP contribution >= 0.6 is 11.8 Å². The zero-order valence-corrected chi connectivity index (χ0v) is 15.7. The third-order valence-corrected chi connectivity index (χ3v) is 5.52. The third kappa shape index (κ3) is 7.14. The monoisotopic (exact) mass is 350 g/mol. The van der Waals surface area contributed by atoms with Crippen LogP contribution in [0.1, 0.15) is 32.6 Å². The molecular formula is C19H30N2O2S. The fourth-order valence-electron chi connectivity index (χ4n) is 2.84. The van der Waals surface area contributed by atoms with E-state index in [1.54, 1.807) is 18.9 Å². The number of carbonyl (C=O) groups excluding carboxylic acids is 1. The van der Waals surface area contributed by atoms with Gasteiger partial charge < -0.3 is 15.0 Å². The van der Waals surface area contributed by atoms with Crippen LogP contribution in [-0.4, -0.2) is 49.8 Å². The molecule has 0 spiro atoms. The van der Waals surface area contributed by atoms with Gasteiger partial charge in [-0.15, -0.1) is 11.8 Å². The van der Waals surface area contributed by atoms with E-state index in [4.69, 9.17) is 4.74 Å². The highest BCUT2D eigenvalue weighted by atomic mass is 32.2. The first-order chi connectivity index (χ1) is 11.7. The van der Waals surface area contributed by atoms with Crippen LogP contribution < -0.4 is 10.1 Å². The number of piperidine rings is 1. The number of hydrogen-bond donors (Lipinski definition) is 1. The summed E-state index contributed by atoms with van der Waals surface area (Å²) in [7, 11) is 1.66. The molecule has 1 amide bonds. The molecule has 0 aromatic heterocycles. The second-order valence-corrected chi connectivity index (χ2v) is 7.67. The molecule has 1 saturated heterocycles. The van der Waals surface area contributed by atoms with E-state index < -0.39 is 0 Å². The van der Waals surface area contributed by atoms with Gasteiger partial charge in [0.05, 0.1) is 7.11 Å². The van der Waals surface area contributed by atoms with Crippen molar-refractivity contribution in [1.82, 2.24) is 10.2 Å². The Morgan fingerprint density at radius 2 is 2.00 bits per heavy atom. The summed E-state index contributed by atoms with van der Waals surface area (Å²) in [6.45, 7) is 6.66. The number of benzene rings is 1. The summed E-state index contributed by atoms with van der Waals surface area (Å²) in [4.78, 5) is 15.6. The maximum absolute atomic E-state index is 11.9. The summed E-state index contributed by atoms with van der Waals surface area (Å²) < 4.78 is 5.14. The van der Waals surface area contributed by atoms with Crippen molar-refractivity contribution >= 4 is 17.7 Å². The lowest BCUT2D eigenvalue weighted by Crippen LogP contribution is -2.35. The van der Waals surface area contributed by atoms with E-state index in [0.717, 1.165) is 36.9 Å². The van der Waals surface area contributed by atoms with Gasteiger partial charge in [-0.2, -0.15) is 0 Å². The molecule has 5 heteroatoms. The van der Waals surface area contributed by atoms with E-state index in [1.165, 1.54) is 30.8 Å². The predicted molar refractivity (Wildman–Crippen MR) is 101 cm³/mol. The zero-order valence-electron chi connectivity index (χ0n) is 14.9. The second kappa shape index (κ2) is 10.6. The number of likely N-dealkylation sites (tertiary alicyclic amines) is 1. The SMILES string of the molecule is COc1ccc(SCCC(=O)NCCCN2CCC(C)CC2)cc1. The Morgan fingerprint density at radius 3 is 2.67 bits per heavy atom. The number of hydrogen-bond acceptors (Lipinski definition) is 4. The van der Waals surface area contributed by atoms with Crippen LogP contribution in [0.3, 0.4) is 0 Å². The van der Waals surface area contributed by atoms with Crippen molar-refractivity contribution in [3.8, 4) is 5.75 Å². The van der Waals surface area contributed by atoms with Gasteiger partial charge in [-0.05, 0) is 69.1 Å². The normalized spacial score (nSPS) is 16.1. The van der Waals surface area contributed by atoms with Gasteiger partial charge in [-0.25, -0.2) is 0 Å². The first kappa shape index (κ1) is 19.1. The molecule has 0 radical (unpaired) electrons. The molecule has 2 rings (SSSR count). The van der Waals surface area contributed by atoms with Crippen LogP contribution in [0, 0.1) is 5.92 Å². The highest BCUT2D eigenvalue weighted by molar-refractivity contribution is 7.99. The Morgan fingerprint density at radius 1 is 1.29 bits per heavy atom. The molecule has 1 N–H and O–H groups in total. The summed E-state index contributed by atoms with van der Waals surface area (Å²) in [5, 5.41) is 3.04. The average molecular weight is 351 g/mol. The highest BCUT2D eigenvalue weighted by Crippen LogP contribution is 2.21. The quantitative estimate of drug-likeness (QED) is 0.547. The maximum Gasteiger partial charge on any atom is 0.220 e. The van der Waals surface area contributed by atoms with Crippen LogP contribution in [0.15, 0.2) is 29.2 Å². The van der Waals surface area contributed by atoms with Crippen molar-refractivity contribution in [3.05, 3.63) is 24.3 Å². The van der Waals surface area contributed by atoms with Crippen LogP contribution in [0.2, 0.25) is 0 Å². The lowest BCUT2D eigenvalue weighted by atomic mass is 9.99. The number of thioether (sulfide) groups is 1. The highest BCUT2D eigenvalue weighted by Gasteiger charge is 2.14. The van der Waals surface area contributed by atoms with E-state index in [1.807, 2.05) is 24.3 Å². The lowest BCUT2D eigenvalue weighted by molar-refractivity contribution is -0.120. The number of rotatable bonds is 9. The first-order valence-electron chi connectivity index (χ1n) is 8.93. The van der Waals surface area contributed by atoms with Crippen LogP contribution in [0.5, 0.6) is 5.75 Å². The van der Waals surface area contributed by atoms with Crippen molar-refractivity contribution in [2.24, 2.45) is 5.92 Å². The largest absolute Gasteiger partial charge is 0.497 e. The molecule has 0 atom stereocenters. The molecule has 1 fully saturated rings. The second-order valence-electron chi connectivity index (χ2n) is 6.50. The van der Waals surface area contributed by atoms with Crippen molar-refractivity contribution in [2.45, 2.75) is 37.5 Å². The summed E-state index contributed by atoms with van der Waals surface area (Å²) in [6.07, 6.45) is 4.24. The molecule has 0 saturated carbocycles. The summed E-state index contributed by atoms with van der Waals surface area (Å²) in [6, 6.07) is 7.95. The van der Waals surface area contributed by atoms with Crippen molar-refractivity contribution in [2.75, 3.05) is 39.0 Å². The van der Waals surface area contributed by atoms with Gasteiger partial charge in [-0.3, -0.25) is 4.79 Å². The number of nitrogens with one attached hydrogen (secondary N) is 1. The van der Waals surface area contributed by atoms with Crippen molar-refractivity contribution in [3.63, 3.8) is 0 Å². The van der Waals surface area contributed by atoms with E-state index in [-0.39, 0.29) is 5.91 Å². The lowest BCUT2D eigenvalue weighted by Gasteiger charge is -2.30. The molecule has 1 aliphatic heterocycles. The third-order valence-electron chi connectivity index (χ3n) is 4.51. The topological polar surface area (TPSA) is 41.6 Å². The molecule has 0 aliphatic carbocycles. The van der Waals surface area contributed by atoms with Gasteiger partial charge in [0, 0.05) is 23.6 Å². The molecular weight excluding hydrogens is 320 g/mol. The molecule has 4 nitrogen and oxygen atoms in total. The molecule has 24 heavy (non-hydrogen) atoms. The van der Waals surface area contributed by atoms with Gasteiger partial charge in [0.1, 0.15) is 5.75 Å². The molecule has 1 heterocycles. The fourth-order valence-corrected chi connectivity index (χ4v) is 3.69. The first-order valence-corrected chi connectivity index (χ1v) is 9.92. The van der Waals surface area contributed by atoms with E-state index in [0.29, 0.717) is 6.42 Å². The minimum absolute atomic E-state index is 0.156. The standard InChI is InChI=1S/C19H30N2O2S/c1-16-8-13-21(14-9-16)12-3-11-20-19(22)10-15-24-18-6-4-17(23-2)5-7-18/h4-7,16H,3,8-15H2,1-2H3,(H,20,22). The minimum atomic E-state index is 0.156. The molecule has 134 valence electrons. The Kier molecular flexibility index (Phi) is 8.47. The van der Waals surface area contributed by atoms with Crippen LogP contribution in [0.25, 0.3) is 0 Å². The fraction of sp³-hybridized carbons (Fsp3) is 0.632. The van der Waals surface area contributed by atoms with Crippen LogP contribution in [0.4, 0.5) is 0 Å². The number of nitrogens with zero attached hydrogens (tertiary/aromatic N) is 1. The number of methoxy groups -OCH3 is 1. The molecule has 0 bridgehead atoms.